The summed E-state index contributed by atoms with van der Waals surface area (Å²) < 4.78 is 9.65. The van der Waals surface area contributed by atoms with Gasteiger partial charge in [-0.2, -0.15) is 5.10 Å². The second kappa shape index (κ2) is 6.68. The molecule has 1 amide bonds. The van der Waals surface area contributed by atoms with Crippen LogP contribution in [0.2, 0.25) is 0 Å². The van der Waals surface area contributed by atoms with Crippen LogP contribution >= 0.6 is 0 Å². The molecular formula is C18H21N5O2. The van der Waals surface area contributed by atoms with Gasteiger partial charge in [-0.15, -0.1) is 0 Å². The predicted octanol–water partition coefficient (Wildman–Crippen LogP) is 1.97. The highest BCUT2D eigenvalue weighted by molar-refractivity contribution is 5.92. The number of carbonyl (C=O) groups excluding carboxylic acids is 1. The van der Waals surface area contributed by atoms with Crippen molar-refractivity contribution >= 4 is 11.6 Å². The lowest BCUT2D eigenvalue weighted by Crippen LogP contribution is -2.35. The van der Waals surface area contributed by atoms with E-state index in [9.17, 15) is 4.79 Å². The molecule has 7 nitrogen and oxygen atoms in total. The maximum atomic E-state index is 12.5. The molecular weight excluding hydrogens is 318 g/mol. The van der Waals surface area contributed by atoms with Crippen molar-refractivity contribution < 1.29 is 9.53 Å². The number of hydrogen-bond donors (Lipinski definition) is 1. The van der Waals surface area contributed by atoms with Gasteiger partial charge in [-0.1, -0.05) is 6.07 Å². The largest absolute Gasteiger partial charge is 0.372 e. The number of hydrogen-bond acceptors (Lipinski definition) is 4. The van der Waals surface area contributed by atoms with E-state index in [1.165, 1.54) is 0 Å². The van der Waals surface area contributed by atoms with Crippen molar-refractivity contribution in [1.82, 2.24) is 24.5 Å². The molecule has 4 rings (SSSR count). The first-order chi connectivity index (χ1) is 12.2. The number of nitrogens with zero attached hydrogens (tertiary/aromatic N) is 4. The molecule has 0 saturated carbocycles. The number of aryl methyl sites for hydroxylation is 1. The van der Waals surface area contributed by atoms with E-state index in [-0.39, 0.29) is 17.9 Å². The van der Waals surface area contributed by atoms with Crippen LogP contribution < -0.4 is 5.32 Å². The minimum absolute atomic E-state index is 0.0392. The molecule has 0 aromatic carbocycles. The van der Waals surface area contributed by atoms with Crippen molar-refractivity contribution in [2.45, 2.75) is 18.9 Å². The van der Waals surface area contributed by atoms with Crippen molar-refractivity contribution in [3.63, 3.8) is 0 Å². The first kappa shape index (κ1) is 15.8. The van der Waals surface area contributed by atoms with E-state index >= 15 is 0 Å². The van der Waals surface area contributed by atoms with Crippen LogP contribution in [-0.4, -0.2) is 38.2 Å². The fraction of sp³-hybridized carbons (Fsp3) is 0.389. The number of fused-ring (bicyclic) bond motifs is 1. The number of aromatic nitrogens is 4. The van der Waals surface area contributed by atoms with Crippen LogP contribution in [0.15, 0.2) is 42.9 Å². The maximum absolute atomic E-state index is 12.5. The van der Waals surface area contributed by atoms with Gasteiger partial charge in [0.05, 0.1) is 5.69 Å². The van der Waals surface area contributed by atoms with E-state index in [2.05, 4.69) is 15.4 Å². The van der Waals surface area contributed by atoms with Gasteiger partial charge in [0.15, 0.2) is 0 Å². The maximum Gasteiger partial charge on any atom is 0.271 e. The Morgan fingerprint density at radius 2 is 2.32 bits per heavy atom. The average Bonchev–Trinajstić information content (AvgIpc) is 3.26. The summed E-state index contributed by atoms with van der Waals surface area (Å²) in [6, 6.07) is 7.67. The first-order valence-corrected chi connectivity index (χ1v) is 8.54. The SMILES string of the molecule is Cn1nccc1[C@@H]1OCCC[C@H]1CNC(=O)c1cn2ccccc2n1. The second-order valence-electron chi connectivity index (χ2n) is 6.38. The summed E-state index contributed by atoms with van der Waals surface area (Å²) in [6.45, 7) is 1.30. The molecule has 1 saturated heterocycles. The Hall–Kier alpha value is -2.67. The van der Waals surface area contributed by atoms with E-state index in [4.69, 9.17) is 4.74 Å². The zero-order valence-corrected chi connectivity index (χ0v) is 14.1. The Kier molecular flexibility index (Phi) is 4.23. The third kappa shape index (κ3) is 3.15. The average molecular weight is 339 g/mol. The summed E-state index contributed by atoms with van der Waals surface area (Å²) in [6.07, 6.45) is 7.39. The summed E-state index contributed by atoms with van der Waals surface area (Å²) >= 11 is 0. The molecule has 2 atom stereocenters. The second-order valence-corrected chi connectivity index (χ2v) is 6.38. The van der Waals surface area contributed by atoms with Crippen molar-refractivity contribution in [1.29, 1.82) is 0 Å². The quantitative estimate of drug-likeness (QED) is 0.789. The lowest BCUT2D eigenvalue weighted by Gasteiger charge is -2.31. The smallest absolute Gasteiger partial charge is 0.271 e. The number of carbonyl (C=O) groups is 1. The summed E-state index contributed by atoms with van der Waals surface area (Å²) in [4.78, 5) is 16.8. The van der Waals surface area contributed by atoms with Crippen LogP contribution in [0.1, 0.15) is 35.1 Å². The molecule has 0 bridgehead atoms. The number of pyridine rings is 1. The molecule has 3 aromatic rings. The monoisotopic (exact) mass is 339 g/mol. The first-order valence-electron chi connectivity index (χ1n) is 8.54. The van der Waals surface area contributed by atoms with Gasteiger partial charge in [0.1, 0.15) is 17.4 Å². The molecule has 0 aliphatic carbocycles. The number of rotatable bonds is 4. The van der Waals surface area contributed by atoms with E-state index in [1.54, 1.807) is 12.4 Å². The lowest BCUT2D eigenvalue weighted by molar-refractivity contribution is -0.0317. The molecule has 7 heteroatoms. The van der Waals surface area contributed by atoms with Gasteiger partial charge < -0.3 is 14.5 Å². The molecule has 0 radical (unpaired) electrons. The van der Waals surface area contributed by atoms with Crippen LogP contribution in [0.4, 0.5) is 0 Å². The standard InChI is InChI=1S/C18H21N5O2/c1-22-15(7-8-20-22)17-13(5-4-10-25-17)11-19-18(24)14-12-23-9-3-2-6-16(23)21-14/h2-3,6-9,12-13,17H,4-5,10-11H2,1H3,(H,19,24)/t13-,17+/m0/s1. The van der Waals surface area contributed by atoms with Gasteiger partial charge >= 0.3 is 0 Å². The fourth-order valence-electron chi connectivity index (χ4n) is 3.40. The Morgan fingerprint density at radius 3 is 3.12 bits per heavy atom. The Morgan fingerprint density at radius 1 is 1.40 bits per heavy atom. The van der Waals surface area contributed by atoms with Crippen LogP contribution in [0, 0.1) is 5.92 Å². The van der Waals surface area contributed by atoms with Gasteiger partial charge in [0.2, 0.25) is 0 Å². The zero-order valence-electron chi connectivity index (χ0n) is 14.1. The van der Waals surface area contributed by atoms with Gasteiger partial charge in [0, 0.05) is 44.7 Å². The van der Waals surface area contributed by atoms with Gasteiger partial charge in [-0.3, -0.25) is 9.48 Å². The molecule has 0 unspecified atom stereocenters. The van der Waals surface area contributed by atoms with E-state index in [0.717, 1.165) is 30.8 Å². The summed E-state index contributed by atoms with van der Waals surface area (Å²) in [5.74, 6) is 0.0724. The van der Waals surface area contributed by atoms with Gasteiger partial charge in [-0.05, 0) is 31.0 Å². The molecule has 1 aliphatic rings. The molecule has 1 aliphatic heterocycles. The van der Waals surface area contributed by atoms with Crippen molar-refractivity contribution in [2.75, 3.05) is 13.2 Å². The van der Waals surface area contributed by atoms with Gasteiger partial charge in [-0.25, -0.2) is 4.98 Å². The third-order valence-electron chi connectivity index (χ3n) is 4.72. The minimum atomic E-state index is -0.155. The van der Waals surface area contributed by atoms with E-state index in [1.807, 2.05) is 46.6 Å². The van der Waals surface area contributed by atoms with Crippen LogP contribution in [0.5, 0.6) is 0 Å². The van der Waals surface area contributed by atoms with Gasteiger partial charge in [0.25, 0.3) is 5.91 Å². The summed E-state index contributed by atoms with van der Waals surface area (Å²) in [7, 11) is 1.92. The topological polar surface area (TPSA) is 73.5 Å². The minimum Gasteiger partial charge on any atom is -0.372 e. The molecule has 3 aromatic heterocycles. The number of amides is 1. The van der Waals surface area contributed by atoms with Crippen molar-refractivity contribution in [3.8, 4) is 0 Å². The Labute approximate surface area is 145 Å². The van der Waals surface area contributed by atoms with E-state index in [0.29, 0.717) is 12.2 Å². The summed E-state index contributed by atoms with van der Waals surface area (Å²) in [5, 5.41) is 7.25. The molecule has 4 heterocycles. The third-order valence-corrected chi connectivity index (χ3v) is 4.72. The molecule has 25 heavy (non-hydrogen) atoms. The predicted molar refractivity (Wildman–Crippen MR) is 92.2 cm³/mol. The van der Waals surface area contributed by atoms with Crippen LogP contribution in [0.3, 0.4) is 0 Å². The molecule has 0 spiro atoms. The molecule has 1 N–H and O–H groups in total. The number of ether oxygens (including phenoxy) is 1. The van der Waals surface area contributed by atoms with Crippen LogP contribution in [0.25, 0.3) is 5.65 Å². The normalized spacial score (nSPS) is 20.7. The molecule has 130 valence electrons. The van der Waals surface area contributed by atoms with Crippen LogP contribution in [-0.2, 0) is 11.8 Å². The number of nitrogens with one attached hydrogen (secondary N) is 1. The highest BCUT2D eigenvalue weighted by Gasteiger charge is 2.30. The highest BCUT2D eigenvalue weighted by atomic mass is 16.5. The van der Waals surface area contributed by atoms with E-state index < -0.39 is 0 Å². The Bertz CT molecular complexity index is 851. The summed E-state index contributed by atoms with van der Waals surface area (Å²) in [5.41, 5.74) is 2.24. The fourth-order valence-corrected chi connectivity index (χ4v) is 3.40. The lowest BCUT2D eigenvalue weighted by atomic mass is 9.92. The number of imidazole rings is 1. The molecule has 1 fully saturated rings. The highest BCUT2D eigenvalue weighted by Crippen LogP contribution is 2.32. The Balaban J connectivity index is 1.45. The van der Waals surface area contributed by atoms with Crippen molar-refractivity contribution in [3.05, 3.63) is 54.2 Å². The van der Waals surface area contributed by atoms with Crippen molar-refractivity contribution in [2.24, 2.45) is 13.0 Å². The zero-order chi connectivity index (χ0) is 17.2.